The predicted octanol–water partition coefficient (Wildman–Crippen LogP) is 2.36. The van der Waals surface area contributed by atoms with E-state index in [1.54, 1.807) is 24.3 Å². The summed E-state index contributed by atoms with van der Waals surface area (Å²) >= 11 is 0. The minimum Gasteiger partial charge on any atom is -0.457 e. The van der Waals surface area contributed by atoms with Crippen molar-refractivity contribution in [1.29, 1.82) is 0 Å². The van der Waals surface area contributed by atoms with Crippen LogP contribution in [0.4, 0.5) is 0 Å². The predicted molar refractivity (Wildman–Crippen MR) is 102 cm³/mol. The van der Waals surface area contributed by atoms with Gasteiger partial charge in [0.1, 0.15) is 11.5 Å². The van der Waals surface area contributed by atoms with Crippen LogP contribution in [0.3, 0.4) is 0 Å². The van der Waals surface area contributed by atoms with Gasteiger partial charge in [0.05, 0.1) is 11.5 Å². The number of esters is 1. The first-order valence-electron chi connectivity index (χ1n) is 9.10. The topological polar surface area (TPSA) is 98.9 Å². The molecule has 1 atom stereocenters. The van der Waals surface area contributed by atoms with Crippen LogP contribution >= 0.6 is 0 Å². The van der Waals surface area contributed by atoms with Gasteiger partial charge in [-0.3, -0.25) is 9.59 Å². The summed E-state index contributed by atoms with van der Waals surface area (Å²) in [5, 5.41) is 0. The number of piperidine rings is 1. The number of hydrogen-bond donors (Lipinski definition) is 1. The number of amides is 2. The smallest absolute Gasteiger partial charge is 0.338 e. The van der Waals surface area contributed by atoms with Gasteiger partial charge < -0.3 is 20.1 Å². The number of benzene rings is 2. The Kier molecular flexibility index (Phi) is 6.26. The second kappa shape index (κ2) is 9.03. The molecule has 0 radical (unpaired) electrons. The van der Waals surface area contributed by atoms with E-state index < -0.39 is 11.9 Å². The lowest BCUT2D eigenvalue weighted by atomic mass is 9.97. The van der Waals surface area contributed by atoms with Crippen molar-refractivity contribution in [2.75, 3.05) is 19.7 Å². The van der Waals surface area contributed by atoms with Gasteiger partial charge in [0.2, 0.25) is 5.91 Å². The zero-order chi connectivity index (χ0) is 19.9. The molecule has 1 fully saturated rings. The lowest BCUT2D eigenvalue weighted by Gasteiger charge is -2.31. The molecule has 2 aromatic rings. The third-order valence-corrected chi connectivity index (χ3v) is 4.55. The highest BCUT2D eigenvalue weighted by atomic mass is 16.5. The summed E-state index contributed by atoms with van der Waals surface area (Å²) in [7, 11) is 0. The van der Waals surface area contributed by atoms with Gasteiger partial charge in [0.15, 0.2) is 6.61 Å². The number of carbonyl (C=O) groups excluding carboxylic acids is 3. The third-order valence-electron chi connectivity index (χ3n) is 4.55. The van der Waals surface area contributed by atoms with Gasteiger partial charge in [-0.25, -0.2) is 4.79 Å². The first kappa shape index (κ1) is 19.4. The molecule has 0 aromatic heterocycles. The average Bonchev–Trinajstić information content (AvgIpc) is 2.72. The van der Waals surface area contributed by atoms with E-state index in [0.717, 1.165) is 0 Å². The number of para-hydroxylation sites is 1. The monoisotopic (exact) mass is 382 g/mol. The van der Waals surface area contributed by atoms with Gasteiger partial charge in [-0.05, 0) is 43.2 Å². The SMILES string of the molecule is NC(=O)[C@@H]1CCCN(C(=O)COC(=O)c2cccc(Oc3ccccc3)c2)C1. The lowest BCUT2D eigenvalue weighted by molar-refractivity contribution is -0.137. The molecule has 2 amide bonds. The van der Waals surface area contributed by atoms with Crippen molar-refractivity contribution in [3.05, 3.63) is 60.2 Å². The molecule has 0 saturated carbocycles. The molecule has 1 aliphatic heterocycles. The number of nitrogens with two attached hydrogens (primary N) is 1. The van der Waals surface area contributed by atoms with Crippen LogP contribution < -0.4 is 10.5 Å². The second-order valence-electron chi connectivity index (χ2n) is 6.60. The molecule has 0 unspecified atom stereocenters. The van der Waals surface area contributed by atoms with Gasteiger partial charge in [0, 0.05) is 13.1 Å². The highest BCUT2D eigenvalue weighted by Crippen LogP contribution is 2.22. The summed E-state index contributed by atoms with van der Waals surface area (Å²) in [5.74, 6) is -0.569. The Balaban J connectivity index is 1.55. The van der Waals surface area contributed by atoms with Gasteiger partial charge in [0.25, 0.3) is 5.91 Å². The number of rotatable bonds is 6. The third kappa shape index (κ3) is 5.09. The molecule has 7 nitrogen and oxygen atoms in total. The maximum Gasteiger partial charge on any atom is 0.338 e. The molecule has 7 heteroatoms. The van der Waals surface area contributed by atoms with Crippen LogP contribution in [0.25, 0.3) is 0 Å². The highest BCUT2D eigenvalue weighted by molar-refractivity contribution is 5.91. The first-order chi connectivity index (χ1) is 13.5. The molecule has 28 heavy (non-hydrogen) atoms. The summed E-state index contributed by atoms with van der Waals surface area (Å²) in [5.41, 5.74) is 5.61. The Morgan fingerprint density at radius 1 is 1.04 bits per heavy atom. The molecule has 1 aliphatic rings. The zero-order valence-electron chi connectivity index (χ0n) is 15.4. The van der Waals surface area contributed by atoms with Crippen molar-refractivity contribution in [2.45, 2.75) is 12.8 Å². The van der Waals surface area contributed by atoms with Gasteiger partial charge >= 0.3 is 5.97 Å². The summed E-state index contributed by atoms with van der Waals surface area (Å²) < 4.78 is 10.8. The van der Waals surface area contributed by atoms with E-state index in [2.05, 4.69) is 0 Å². The van der Waals surface area contributed by atoms with Crippen molar-refractivity contribution in [3.63, 3.8) is 0 Å². The van der Waals surface area contributed by atoms with Gasteiger partial charge in [-0.15, -0.1) is 0 Å². The van der Waals surface area contributed by atoms with Gasteiger partial charge in [-0.2, -0.15) is 0 Å². The van der Waals surface area contributed by atoms with Crippen LogP contribution in [0.15, 0.2) is 54.6 Å². The van der Waals surface area contributed by atoms with Crippen LogP contribution in [0.1, 0.15) is 23.2 Å². The summed E-state index contributed by atoms with van der Waals surface area (Å²) in [6.07, 6.45) is 1.37. The number of carbonyl (C=O) groups is 3. The zero-order valence-corrected chi connectivity index (χ0v) is 15.4. The van der Waals surface area contributed by atoms with Crippen molar-refractivity contribution in [3.8, 4) is 11.5 Å². The van der Waals surface area contributed by atoms with Crippen LogP contribution in [-0.2, 0) is 14.3 Å². The molecule has 0 bridgehead atoms. The van der Waals surface area contributed by atoms with E-state index in [0.29, 0.717) is 30.9 Å². The fourth-order valence-corrected chi connectivity index (χ4v) is 3.05. The standard InChI is InChI=1S/C21H22N2O5/c22-20(25)16-7-5-11-23(13-16)19(24)14-27-21(26)15-6-4-10-18(12-15)28-17-8-2-1-3-9-17/h1-4,6,8-10,12,16H,5,7,11,13-14H2,(H2,22,25)/t16-/m1/s1. The number of primary amides is 1. The normalized spacial score (nSPS) is 16.3. The summed E-state index contributed by atoms with van der Waals surface area (Å²) in [6, 6.07) is 15.8. The van der Waals surface area contributed by atoms with Crippen molar-refractivity contribution in [1.82, 2.24) is 4.90 Å². The number of likely N-dealkylation sites (tertiary alicyclic amines) is 1. The Morgan fingerprint density at radius 3 is 2.54 bits per heavy atom. The maximum atomic E-state index is 12.3. The number of nitrogens with zero attached hydrogens (tertiary/aromatic N) is 1. The van der Waals surface area contributed by atoms with Crippen LogP contribution in [0.5, 0.6) is 11.5 Å². The molecule has 2 aromatic carbocycles. The highest BCUT2D eigenvalue weighted by Gasteiger charge is 2.27. The Morgan fingerprint density at radius 2 is 1.79 bits per heavy atom. The fraction of sp³-hybridized carbons (Fsp3) is 0.286. The summed E-state index contributed by atoms with van der Waals surface area (Å²) in [6.45, 7) is 0.417. The Labute approximate surface area is 163 Å². The van der Waals surface area contributed by atoms with Crippen molar-refractivity contribution < 1.29 is 23.9 Å². The molecule has 0 aliphatic carbocycles. The molecule has 146 valence electrons. The molecule has 3 rings (SSSR count). The number of hydrogen-bond acceptors (Lipinski definition) is 5. The van der Waals surface area contributed by atoms with Gasteiger partial charge in [-0.1, -0.05) is 24.3 Å². The average molecular weight is 382 g/mol. The van der Waals surface area contributed by atoms with E-state index in [-0.39, 0.29) is 30.5 Å². The molecule has 1 heterocycles. The minimum absolute atomic E-state index is 0.270. The minimum atomic E-state index is -0.615. The Bertz CT molecular complexity index is 853. The Hall–Kier alpha value is -3.35. The summed E-state index contributed by atoms with van der Waals surface area (Å²) in [4.78, 5) is 37.4. The maximum absolute atomic E-state index is 12.3. The molecular weight excluding hydrogens is 360 g/mol. The van der Waals surface area contributed by atoms with E-state index in [1.807, 2.05) is 30.3 Å². The van der Waals surface area contributed by atoms with Crippen LogP contribution in [0.2, 0.25) is 0 Å². The van der Waals surface area contributed by atoms with E-state index >= 15 is 0 Å². The van der Waals surface area contributed by atoms with Crippen molar-refractivity contribution in [2.24, 2.45) is 11.7 Å². The van der Waals surface area contributed by atoms with E-state index in [4.69, 9.17) is 15.2 Å². The second-order valence-corrected chi connectivity index (χ2v) is 6.60. The van der Waals surface area contributed by atoms with Crippen LogP contribution in [-0.4, -0.2) is 42.4 Å². The molecular formula is C21H22N2O5. The lowest BCUT2D eigenvalue weighted by Crippen LogP contribution is -2.45. The quantitative estimate of drug-likeness (QED) is 0.773. The first-order valence-corrected chi connectivity index (χ1v) is 9.10. The van der Waals surface area contributed by atoms with Crippen LogP contribution in [0, 0.1) is 5.92 Å². The van der Waals surface area contributed by atoms with Crippen molar-refractivity contribution >= 4 is 17.8 Å². The van der Waals surface area contributed by atoms with E-state index in [9.17, 15) is 14.4 Å². The molecule has 2 N–H and O–H groups in total. The molecule has 0 spiro atoms. The number of ether oxygens (including phenoxy) is 2. The molecule has 1 saturated heterocycles. The fourth-order valence-electron chi connectivity index (χ4n) is 3.05. The van der Waals surface area contributed by atoms with E-state index in [1.165, 1.54) is 4.90 Å². The largest absolute Gasteiger partial charge is 0.457 e.